The van der Waals surface area contributed by atoms with Gasteiger partial charge in [0, 0.05) is 25.9 Å². The van der Waals surface area contributed by atoms with Crippen molar-refractivity contribution in [2.45, 2.75) is 84.2 Å². The maximum atomic E-state index is 13.8. The van der Waals surface area contributed by atoms with Crippen molar-refractivity contribution in [2.24, 2.45) is 5.41 Å². The number of β-amino-alcohol motifs (C(OH)–C–C–N with tert-alkyl or cyclic N) is 1. The van der Waals surface area contributed by atoms with Crippen molar-refractivity contribution < 1.29 is 29.0 Å². The molecule has 0 unspecified atom stereocenters. The number of aliphatic hydroxyl groups is 1. The van der Waals surface area contributed by atoms with Gasteiger partial charge in [-0.1, -0.05) is 45.0 Å². The second-order valence-electron chi connectivity index (χ2n) is 12.6. The van der Waals surface area contributed by atoms with Crippen LogP contribution >= 0.6 is 11.3 Å². The van der Waals surface area contributed by atoms with Gasteiger partial charge in [-0.15, -0.1) is 11.3 Å². The number of benzene rings is 1. The predicted octanol–water partition coefficient (Wildman–Crippen LogP) is 2.40. The first-order chi connectivity index (χ1) is 21.0. The summed E-state index contributed by atoms with van der Waals surface area (Å²) in [6.45, 7) is 10.9. The molecule has 3 amide bonds. The van der Waals surface area contributed by atoms with Gasteiger partial charge in [0.15, 0.2) is 0 Å². The van der Waals surface area contributed by atoms with Gasteiger partial charge in [-0.3, -0.25) is 14.4 Å². The molecule has 242 valence electrons. The van der Waals surface area contributed by atoms with Crippen molar-refractivity contribution in [1.29, 1.82) is 0 Å². The Kier molecular flexibility index (Phi) is 12.3. The quantitative estimate of drug-likeness (QED) is 0.248. The van der Waals surface area contributed by atoms with Crippen LogP contribution in [-0.4, -0.2) is 96.5 Å². The number of likely N-dealkylation sites (tertiary alicyclic amines) is 1. The molecule has 0 radical (unpaired) electrons. The second kappa shape index (κ2) is 15.9. The molecule has 44 heavy (non-hydrogen) atoms. The van der Waals surface area contributed by atoms with E-state index >= 15 is 0 Å². The topological polar surface area (TPSA) is 142 Å². The van der Waals surface area contributed by atoms with E-state index in [-0.39, 0.29) is 56.4 Å². The van der Waals surface area contributed by atoms with Gasteiger partial charge >= 0.3 is 0 Å². The third-order valence-electron chi connectivity index (χ3n) is 8.05. The SMILES string of the molecule is Cc1ncsc1-c1ccc(CNC(=O)[C@@H]2C[C@@H](O)CN2C(=O)[C@@H](NC(=O)CCOCCOC2CCNCC2)C(C)(C)C)cc1. The molecular weight excluding hydrogens is 582 g/mol. The van der Waals surface area contributed by atoms with Crippen molar-refractivity contribution in [1.82, 2.24) is 25.8 Å². The molecule has 1 aromatic carbocycles. The van der Waals surface area contributed by atoms with Gasteiger partial charge in [-0.2, -0.15) is 0 Å². The smallest absolute Gasteiger partial charge is 0.246 e. The molecule has 3 heterocycles. The van der Waals surface area contributed by atoms with Crippen molar-refractivity contribution in [3.05, 3.63) is 41.0 Å². The van der Waals surface area contributed by atoms with Gasteiger partial charge in [0.25, 0.3) is 0 Å². The zero-order chi connectivity index (χ0) is 31.7. The molecule has 0 spiro atoms. The molecule has 0 saturated carbocycles. The Morgan fingerprint density at radius 3 is 2.52 bits per heavy atom. The Balaban J connectivity index is 1.27. The second-order valence-corrected chi connectivity index (χ2v) is 13.5. The van der Waals surface area contributed by atoms with E-state index < -0.39 is 23.6 Å². The van der Waals surface area contributed by atoms with Crippen LogP contribution in [0.4, 0.5) is 0 Å². The number of ether oxygens (including phenoxy) is 2. The molecule has 1 aromatic heterocycles. The lowest BCUT2D eigenvalue weighted by atomic mass is 9.85. The number of aryl methyl sites for hydroxylation is 1. The number of aromatic nitrogens is 1. The summed E-state index contributed by atoms with van der Waals surface area (Å²) in [6.07, 6.45) is 1.64. The van der Waals surface area contributed by atoms with Crippen LogP contribution in [0.5, 0.6) is 0 Å². The third-order valence-corrected chi connectivity index (χ3v) is 9.03. The van der Waals surface area contributed by atoms with Gasteiger partial charge in [0.2, 0.25) is 17.7 Å². The van der Waals surface area contributed by atoms with E-state index in [1.165, 1.54) is 4.90 Å². The number of nitrogens with one attached hydrogen (secondary N) is 3. The highest BCUT2D eigenvalue weighted by Crippen LogP contribution is 2.28. The van der Waals surface area contributed by atoms with E-state index in [2.05, 4.69) is 20.9 Å². The fraction of sp³-hybridized carbons (Fsp3) is 0.625. The number of rotatable bonds is 13. The molecule has 2 aliphatic heterocycles. The molecule has 2 saturated heterocycles. The molecule has 0 aliphatic carbocycles. The number of piperidine rings is 1. The maximum absolute atomic E-state index is 13.8. The Hall–Kier alpha value is -2.90. The van der Waals surface area contributed by atoms with Gasteiger partial charge in [0.05, 0.1) is 48.1 Å². The number of amides is 3. The fourth-order valence-corrected chi connectivity index (χ4v) is 6.33. The van der Waals surface area contributed by atoms with Gasteiger partial charge < -0.3 is 35.4 Å². The van der Waals surface area contributed by atoms with E-state index in [1.807, 2.05) is 57.5 Å². The number of nitrogens with zero attached hydrogens (tertiary/aromatic N) is 2. The molecule has 11 nitrogen and oxygen atoms in total. The van der Waals surface area contributed by atoms with E-state index in [9.17, 15) is 19.5 Å². The minimum absolute atomic E-state index is 0.0302. The third kappa shape index (κ3) is 9.55. The Labute approximate surface area is 264 Å². The molecule has 0 bridgehead atoms. The summed E-state index contributed by atoms with van der Waals surface area (Å²) < 4.78 is 11.4. The summed E-state index contributed by atoms with van der Waals surface area (Å²) in [7, 11) is 0. The molecule has 2 fully saturated rings. The zero-order valence-corrected chi connectivity index (χ0v) is 27.1. The van der Waals surface area contributed by atoms with Crippen LogP contribution in [0.1, 0.15) is 57.7 Å². The number of hydrogen-bond acceptors (Lipinski definition) is 9. The summed E-state index contributed by atoms with van der Waals surface area (Å²) >= 11 is 1.58. The summed E-state index contributed by atoms with van der Waals surface area (Å²) in [5, 5.41) is 19.5. The molecule has 12 heteroatoms. The molecule has 4 N–H and O–H groups in total. The lowest BCUT2D eigenvalue weighted by Crippen LogP contribution is -2.57. The first kappa shape index (κ1) is 34.0. The normalized spacial score (nSPS) is 20.0. The predicted molar refractivity (Wildman–Crippen MR) is 169 cm³/mol. The minimum Gasteiger partial charge on any atom is -0.391 e. The largest absolute Gasteiger partial charge is 0.391 e. The fourth-order valence-electron chi connectivity index (χ4n) is 5.52. The van der Waals surface area contributed by atoms with Crippen LogP contribution in [0.3, 0.4) is 0 Å². The van der Waals surface area contributed by atoms with E-state index in [4.69, 9.17) is 9.47 Å². The first-order valence-electron chi connectivity index (χ1n) is 15.5. The van der Waals surface area contributed by atoms with Gasteiger partial charge in [-0.25, -0.2) is 4.98 Å². The highest BCUT2D eigenvalue weighted by molar-refractivity contribution is 7.13. The van der Waals surface area contributed by atoms with Crippen LogP contribution in [0, 0.1) is 12.3 Å². The number of carbonyl (C=O) groups excluding carboxylic acids is 3. The Morgan fingerprint density at radius 2 is 1.86 bits per heavy atom. The number of hydrogen-bond donors (Lipinski definition) is 4. The van der Waals surface area contributed by atoms with Gasteiger partial charge in [-0.05, 0) is 49.4 Å². The molecule has 3 atom stereocenters. The van der Waals surface area contributed by atoms with Crippen LogP contribution in [-0.2, 0) is 30.4 Å². The summed E-state index contributed by atoms with van der Waals surface area (Å²) in [6, 6.07) is 6.21. The van der Waals surface area contributed by atoms with Gasteiger partial charge in [0.1, 0.15) is 12.1 Å². The lowest BCUT2D eigenvalue weighted by Gasteiger charge is -2.35. The van der Waals surface area contributed by atoms with Crippen LogP contribution in [0.15, 0.2) is 29.8 Å². The van der Waals surface area contributed by atoms with E-state index in [0.29, 0.717) is 13.2 Å². The van der Waals surface area contributed by atoms with Crippen LogP contribution in [0.25, 0.3) is 10.4 Å². The highest BCUT2D eigenvalue weighted by atomic mass is 32.1. The average molecular weight is 630 g/mol. The Morgan fingerprint density at radius 1 is 1.14 bits per heavy atom. The van der Waals surface area contributed by atoms with Crippen molar-refractivity contribution >= 4 is 29.1 Å². The number of thiazole rings is 1. The molecular formula is C32H47N5O6S. The van der Waals surface area contributed by atoms with Crippen LogP contribution < -0.4 is 16.0 Å². The zero-order valence-electron chi connectivity index (χ0n) is 26.3. The van der Waals surface area contributed by atoms with Crippen molar-refractivity contribution in [3.8, 4) is 10.4 Å². The monoisotopic (exact) mass is 629 g/mol. The standard InChI is InChI=1S/C32H47N5O6S/c1-21-28(44-20-35-21)23-7-5-22(6-8-23)18-34-30(40)26-17-24(38)19-37(26)31(41)29(32(2,3)4)36-27(39)11-14-42-15-16-43-25-9-12-33-13-10-25/h5-8,20,24-26,29,33,38H,9-19H2,1-4H3,(H,34,40)(H,36,39)/t24-,26+,29-/m1/s1. The van der Waals surface area contributed by atoms with Crippen molar-refractivity contribution in [2.75, 3.05) is 39.5 Å². The van der Waals surface area contributed by atoms with Crippen molar-refractivity contribution in [3.63, 3.8) is 0 Å². The summed E-state index contributed by atoms with van der Waals surface area (Å²) in [5.74, 6) is -1.03. The minimum atomic E-state index is -0.874. The Bertz CT molecular complexity index is 1240. The van der Waals surface area contributed by atoms with E-state index in [1.54, 1.807) is 11.3 Å². The van der Waals surface area contributed by atoms with Crippen LogP contribution in [0.2, 0.25) is 0 Å². The molecule has 2 aliphatic rings. The molecule has 2 aromatic rings. The number of aliphatic hydroxyl groups excluding tert-OH is 1. The number of carbonyl (C=O) groups is 3. The summed E-state index contributed by atoms with van der Waals surface area (Å²) in [5.41, 5.74) is 4.16. The van der Waals surface area contributed by atoms with E-state index in [0.717, 1.165) is 47.6 Å². The lowest BCUT2D eigenvalue weighted by molar-refractivity contribution is -0.144. The molecule has 4 rings (SSSR count). The summed E-state index contributed by atoms with van der Waals surface area (Å²) in [4.78, 5) is 46.7. The maximum Gasteiger partial charge on any atom is 0.246 e. The first-order valence-corrected chi connectivity index (χ1v) is 16.4. The average Bonchev–Trinajstić information content (AvgIpc) is 3.61. The highest BCUT2D eigenvalue weighted by Gasteiger charge is 2.44.